The van der Waals surface area contributed by atoms with Crippen molar-refractivity contribution in [2.24, 2.45) is 0 Å². The SMILES string of the molecule is O=C1S/C(=C/C=C/c2ccccc2)C(=O)N1CNc1cccc(C(F)(F)F)c1. The van der Waals surface area contributed by atoms with Gasteiger partial charge in [0.05, 0.1) is 17.1 Å². The van der Waals surface area contributed by atoms with Crippen molar-refractivity contribution in [3.8, 4) is 0 Å². The number of benzene rings is 2. The van der Waals surface area contributed by atoms with Crippen LogP contribution < -0.4 is 5.32 Å². The highest BCUT2D eigenvalue weighted by molar-refractivity contribution is 8.18. The molecule has 8 heteroatoms. The van der Waals surface area contributed by atoms with E-state index in [4.69, 9.17) is 0 Å². The van der Waals surface area contributed by atoms with E-state index in [0.717, 1.165) is 34.4 Å². The number of carbonyl (C=O) groups is 2. The fraction of sp³-hybridized carbons (Fsp3) is 0.100. The first-order valence-corrected chi connectivity index (χ1v) is 9.04. The standard InChI is InChI=1S/C20H15F3N2O2S/c21-20(22,23)15-9-5-10-16(12-15)24-13-25-18(26)17(28-19(25)27)11-4-8-14-6-2-1-3-7-14/h1-12,24H,13H2/b8-4+,17-11+. The average molecular weight is 404 g/mol. The van der Waals surface area contributed by atoms with Gasteiger partial charge in [0.2, 0.25) is 0 Å². The molecule has 4 nitrogen and oxygen atoms in total. The van der Waals surface area contributed by atoms with Crippen LogP contribution in [0.25, 0.3) is 6.08 Å². The van der Waals surface area contributed by atoms with E-state index in [0.29, 0.717) is 0 Å². The zero-order valence-corrected chi connectivity index (χ0v) is 15.3. The molecule has 0 bridgehead atoms. The van der Waals surface area contributed by atoms with E-state index in [1.165, 1.54) is 12.1 Å². The van der Waals surface area contributed by atoms with Gasteiger partial charge < -0.3 is 5.32 Å². The van der Waals surface area contributed by atoms with Gasteiger partial charge in [-0.2, -0.15) is 13.2 Å². The van der Waals surface area contributed by atoms with Crippen LogP contribution in [-0.4, -0.2) is 22.7 Å². The lowest BCUT2D eigenvalue weighted by Crippen LogP contribution is -2.33. The first kappa shape index (κ1) is 19.8. The molecule has 1 aliphatic heterocycles. The van der Waals surface area contributed by atoms with Gasteiger partial charge in [0, 0.05) is 5.69 Å². The van der Waals surface area contributed by atoms with E-state index >= 15 is 0 Å². The summed E-state index contributed by atoms with van der Waals surface area (Å²) in [4.78, 5) is 25.6. The van der Waals surface area contributed by atoms with Gasteiger partial charge >= 0.3 is 6.18 Å². The van der Waals surface area contributed by atoms with Crippen LogP contribution >= 0.6 is 11.8 Å². The van der Waals surface area contributed by atoms with Crippen molar-refractivity contribution in [1.29, 1.82) is 0 Å². The fourth-order valence-corrected chi connectivity index (χ4v) is 3.23. The maximum Gasteiger partial charge on any atom is 0.416 e. The molecular weight excluding hydrogens is 389 g/mol. The van der Waals surface area contributed by atoms with Crippen LogP contribution in [0.15, 0.2) is 71.7 Å². The summed E-state index contributed by atoms with van der Waals surface area (Å²) >= 11 is 0.787. The highest BCUT2D eigenvalue weighted by Gasteiger charge is 2.34. The average Bonchev–Trinajstić information content (AvgIpc) is 2.94. The minimum absolute atomic E-state index is 0.168. The number of allylic oxidation sites excluding steroid dienone is 2. The molecule has 0 spiro atoms. The third-order valence-corrected chi connectivity index (χ3v) is 4.77. The minimum atomic E-state index is -4.46. The molecule has 2 aromatic carbocycles. The second-order valence-corrected chi connectivity index (χ2v) is 6.81. The first-order valence-electron chi connectivity index (χ1n) is 8.23. The molecular formula is C20H15F3N2O2S. The molecule has 2 aromatic rings. The summed E-state index contributed by atoms with van der Waals surface area (Å²) in [6.45, 7) is -0.217. The molecule has 0 atom stereocenters. The number of anilines is 1. The van der Waals surface area contributed by atoms with Crippen molar-refractivity contribution < 1.29 is 22.8 Å². The molecule has 0 unspecified atom stereocenters. The van der Waals surface area contributed by atoms with Gasteiger partial charge in [-0.1, -0.05) is 48.6 Å². The Balaban J connectivity index is 1.64. The maximum atomic E-state index is 12.8. The summed E-state index contributed by atoms with van der Waals surface area (Å²) in [7, 11) is 0. The van der Waals surface area contributed by atoms with Crippen molar-refractivity contribution in [2.45, 2.75) is 6.18 Å². The maximum absolute atomic E-state index is 12.8. The molecule has 3 rings (SSSR count). The number of nitrogens with one attached hydrogen (secondary N) is 1. The second kappa shape index (κ2) is 8.35. The van der Waals surface area contributed by atoms with Crippen molar-refractivity contribution in [2.75, 3.05) is 12.0 Å². The van der Waals surface area contributed by atoms with E-state index < -0.39 is 22.9 Å². The molecule has 144 valence electrons. The van der Waals surface area contributed by atoms with Gasteiger partial charge in [-0.15, -0.1) is 0 Å². The monoisotopic (exact) mass is 404 g/mol. The number of imide groups is 1. The summed E-state index contributed by atoms with van der Waals surface area (Å²) in [5.41, 5.74) is 0.309. The van der Waals surface area contributed by atoms with Crippen LogP contribution in [0.2, 0.25) is 0 Å². The predicted molar refractivity (Wildman–Crippen MR) is 103 cm³/mol. The number of alkyl halides is 3. The Morgan fingerprint density at radius 2 is 1.79 bits per heavy atom. The molecule has 1 heterocycles. The Kier molecular flexibility index (Phi) is 5.89. The second-order valence-electron chi connectivity index (χ2n) is 5.82. The molecule has 0 radical (unpaired) electrons. The topological polar surface area (TPSA) is 49.4 Å². The highest BCUT2D eigenvalue weighted by atomic mass is 32.2. The number of hydrogen-bond donors (Lipinski definition) is 1. The van der Waals surface area contributed by atoms with Crippen LogP contribution in [0, 0.1) is 0 Å². The van der Waals surface area contributed by atoms with Crippen molar-refractivity contribution >= 4 is 34.7 Å². The highest BCUT2D eigenvalue weighted by Crippen LogP contribution is 2.32. The Morgan fingerprint density at radius 1 is 1.04 bits per heavy atom. The van der Waals surface area contributed by atoms with Crippen LogP contribution in [0.4, 0.5) is 23.7 Å². The number of halogens is 3. The largest absolute Gasteiger partial charge is 0.416 e. The molecule has 0 aromatic heterocycles. The smallest absolute Gasteiger partial charge is 0.367 e. The van der Waals surface area contributed by atoms with Crippen molar-refractivity contribution in [3.63, 3.8) is 0 Å². The lowest BCUT2D eigenvalue weighted by Gasteiger charge is -2.15. The fourth-order valence-electron chi connectivity index (χ4n) is 2.44. The number of thioether (sulfide) groups is 1. The molecule has 1 N–H and O–H groups in total. The number of rotatable bonds is 5. The summed E-state index contributed by atoms with van der Waals surface area (Å²) in [6.07, 6.45) is 0.553. The van der Waals surface area contributed by atoms with Gasteiger partial charge in [-0.3, -0.25) is 14.5 Å². The summed E-state index contributed by atoms with van der Waals surface area (Å²) < 4.78 is 38.3. The first-order chi connectivity index (χ1) is 13.3. The van der Waals surface area contributed by atoms with E-state index in [9.17, 15) is 22.8 Å². The Bertz CT molecular complexity index is 940. The summed E-state index contributed by atoms with van der Waals surface area (Å²) in [5.74, 6) is -0.493. The number of amides is 2. The lowest BCUT2D eigenvalue weighted by molar-refractivity contribution is -0.137. The molecule has 28 heavy (non-hydrogen) atoms. The Hall–Kier alpha value is -3.00. The molecule has 0 saturated carbocycles. The zero-order chi connectivity index (χ0) is 20.1. The number of carbonyl (C=O) groups excluding carboxylic acids is 2. The van der Waals surface area contributed by atoms with E-state index in [2.05, 4.69) is 5.32 Å². The van der Waals surface area contributed by atoms with E-state index in [1.807, 2.05) is 30.3 Å². The molecule has 1 aliphatic rings. The van der Waals surface area contributed by atoms with Gasteiger partial charge in [-0.25, -0.2) is 0 Å². The molecule has 1 fully saturated rings. The zero-order valence-electron chi connectivity index (χ0n) is 14.4. The van der Waals surface area contributed by atoms with E-state index in [-0.39, 0.29) is 17.3 Å². The van der Waals surface area contributed by atoms with Crippen LogP contribution in [0.3, 0.4) is 0 Å². The normalized spacial score (nSPS) is 16.4. The summed E-state index contributed by atoms with van der Waals surface area (Å²) in [6, 6.07) is 14.0. The van der Waals surface area contributed by atoms with Crippen LogP contribution in [0.1, 0.15) is 11.1 Å². The number of hydrogen-bond acceptors (Lipinski definition) is 4. The lowest BCUT2D eigenvalue weighted by atomic mass is 10.2. The minimum Gasteiger partial charge on any atom is -0.367 e. The molecule has 0 aliphatic carbocycles. The third-order valence-electron chi connectivity index (χ3n) is 3.84. The Morgan fingerprint density at radius 3 is 2.50 bits per heavy atom. The third kappa shape index (κ3) is 4.83. The quantitative estimate of drug-likeness (QED) is 0.681. The number of nitrogens with zero attached hydrogens (tertiary/aromatic N) is 1. The van der Waals surface area contributed by atoms with Crippen molar-refractivity contribution in [3.05, 3.63) is 82.8 Å². The Labute approximate surface area is 163 Å². The summed E-state index contributed by atoms with van der Waals surface area (Å²) in [5, 5.41) is 2.21. The van der Waals surface area contributed by atoms with E-state index in [1.54, 1.807) is 18.2 Å². The molecule has 2 amide bonds. The van der Waals surface area contributed by atoms with Gasteiger partial charge in [-0.05, 0) is 41.6 Å². The van der Waals surface area contributed by atoms with Crippen molar-refractivity contribution in [1.82, 2.24) is 4.90 Å². The van der Waals surface area contributed by atoms with Crippen LogP contribution in [-0.2, 0) is 11.0 Å². The van der Waals surface area contributed by atoms with Gasteiger partial charge in [0.1, 0.15) is 0 Å². The van der Waals surface area contributed by atoms with Gasteiger partial charge in [0.25, 0.3) is 11.1 Å². The van der Waals surface area contributed by atoms with Crippen LogP contribution in [0.5, 0.6) is 0 Å². The molecule has 1 saturated heterocycles. The van der Waals surface area contributed by atoms with Gasteiger partial charge in [0.15, 0.2) is 0 Å². The predicted octanol–water partition coefficient (Wildman–Crippen LogP) is 5.37.